The SMILES string of the molecule is CCCCC(CC)COC(=O)/C(C)=C/C=C(\C)C(=O)OCCO. The molecule has 0 aromatic rings. The van der Waals surface area contributed by atoms with E-state index in [1.165, 1.54) is 6.08 Å². The summed E-state index contributed by atoms with van der Waals surface area (Å²) in [6.07, 6.45) is 7.41. The van der Waals surface area contributed by atoms with Gasteiger partial charge in [-0.1, -0.05) is 45.3 Å². The van der Waals surface area contributed by atoms with Crippen LogP contribution in [0.1, 0.15) is 53.4 Å². The molecule has 23 heavy (non-hydrogen) atoms. The van der Waals surface area contributed by atoms with Crippen LogP contribution in [0.5, 0.6) is 0 Å². The molecule has 0 radical (unpaired) electrons. The molecular weight excluding hydrogens is 296 g/mol. The third kappa shape index (κ3) is 9.89. The molecule has 0 bridgehead atoms. The average molecular weight is 326 g/mol. The molecule has 0 aliphatic heterocycles. The fourth-order valence-corrected chi connectivity index (χ4v) is 1.84. The summed E-state index contributed by atoms with van der Waals surface area (Å²) in [4.78, 5) is 23.4. The highest BCUT2D eigenvalue weighted by Gasteiger charge is 2.11. The number of aliphatic hydroxyl groups is 1. The summed E-state index contributed by atoms with van der Waals surface area (Å²) in [5.74, 6) is -0.479. The largest absolute Gasteiger partial charge is 0.462 e. The van der Waals surface area contributed by atoms with Crippen LogP contribution in [0, 0.1) is 5.92 Å². The van der Waals surface area contributed by atoms with Crippen LogP contribution in [0.4, 0.5) is 0 Å². The fourth-order valence-electron chi connectivity index (χ4n) is 1.84. The van der Waals surface area contributed by atoms with Gasteiger partial charge in [0.2, 0.25) is 0 Å². The zero-order valence-corrected chi connectivity index (χ0v) is 14.8. The van der Waals surface area contributed by atoms with Crippen molar-refractivity contribution < 1.29 is 24.2 Å². The molecule has 0 rings (SSSR count). The maximum atomic E-state index is 11.9. The Morgan fingerprint density at radius 2 is 1.61 bits per heavy atom. The first-order chi connectivity index (χ1) is 11.0. The zero-order valence-electron chi connectivity index (χ0n) is 14.8. The average Bonchev–Trinajstić information content (AvgIpc) is 2.56. The van der Waals surface area contributed by atoms with Crippen molar-refractivity contribution in [2.45, 2.75) is 53.4 Å². The summed E-state index contributed by atoms with van der Waals surface area (Å²) in [5, 5.41) is 8.60. The van der Waals surface area contributed by atoms with Crippen molar-refractivity contribution in [2.24, 2.45) is 5.92 Å². The van der Waals surface area contributed by atoms with Crippen LogP contribution in [0.3, 0.4) is 0 Å². The molecule has 5 nitrogen and oxygen atoms in total. The Kier molecular flexibility index (Phi) is 12.0. The minimum atomic E-state index is -0.512. The lowest BCUT2D eigenvalue weighted by molar-refractivity contribution is -0.141. The number of allylic oxidation sites excluding steroid dienone is 2. The Balaban J connectivity index is 4.43. The Morgan fingerprint density at radius 3 is 2.09 bits per heavy atom. The number of aliphatic hydroxyl groups excluding tert-OH is 1. The molecule has 0 amide bonds. The van der Waals surface area contributed by atoms with Crippen molar-refractivity contribution in [2.75, 3.05) is 19.8 Å². The molecule has 0 aliphatic rings. The molecule has 0 aliphatic carbocycles. The molecule has 0 aromatic carbocycles. The van der Waals surface area contributed by atoms with Crippen LogP contribution in [0.15, 0.2) is 23.3 Å². The molecule has 0 fully saturated rings. The number of rotatable bonds is 11. The van der Waals surface area contributed by atoms with E-state index in [0.717, 1.165) is 25.7 Å². The van der Waals surface area contributed by atoms with E-state index in [4.69, 9.17) is 14.6 Å². The highest BCUT2D eigenvalue weighted by Crippen LogP contribution is 2.13. The maximum Gasteiger partial charge on any atom is 0.333 e. The molecule has 132 valence electrons. The molecule has 0 heterocycles. The predicted molar refractivity (Wildman–Crippen MR) is 89.8 cm³/mol. The van der Waals surface area contributed by atoms with Crippen LogP contribution >= 0.6 is 0 Å². The molecule has 1 atom stereocenters. The minimum Gasteiger partial charge on any atom is -0.462 e. The zero-order chi connectivity index (χ0) is 17.7. The van der Waals surface area contributed by atoms with Gasteiger partial charge in [0.25, 0.3) is 0 Å². The maximum absolute atomic E-state index is 11.9. The van der Waals surface area contributed by atoms with Crippen molar-refractivity contribution in [3.8, 4) is 0 Å². The van der Waals surface area contributed by atoms with Gasteiger partial charge < -0.3 is 14.6 Å². The lowest BCUT2D eigenvalue weighted by Crippen LogP contribution is -2.14. The second-order valence-corrected chi connectivity index (χ2v) is 5.57. The van der Waals surface area contributed by atoms with Crippen molar-refractivity contribution in [1.29, 1.82) is 0 Å². The Hall–Kier alpha value is -1.62. The lowest BCUT2D eigenvalue weighted by Gasteiger charge is -2.14. The number of carbonyl (C=O) groups excluding carboxylic acids is 2. The number of unbranched alkanes of at least 4 members (excludes halogenated alkanes) is 1. The first kappa shape index (κ1) is 21.4. The Bertz CT molecular complexity index is 423. The first-order valence-electron chi connectivity index (χ1n) is 8.26. The summed E-state index contributed by atoms with van der Waals surface area (Å²) in [6.45, 7) is 7.67. The van der Waals surface area contributed by atoms with Crippen molar-refractivity contribution in [3.05, 3.63) is 23.3 Å². The molecule has 1 N–H and O–H groups in total. The van der Waals surface area contributed by atoms with Gasteiger partial charge in [0.1, 0.15) is 6.61 Å². The van der Waals surface area contributed by atoms with Gasteiger partial charge >= 0.3 is 11.9 Å². The summed E-state index contributed by atoms with van der Waals surface area (Å²) in [6, 6.07) is 0. The first-order valence-corrected chi connectivity index (χ1v) is 8.26. The molecule has 0 saturated heterocycles. The summed E-state index contributed by atoms with van der Waals surface area (Å²) in [5.41, 5.74) is 0.796. The predicted octanol–water partition coefficient (Wildman–Crippen LogP) is 3.17. The van der Waals surface area contributed by atoms with Crippen LogP contribution < -0.4 is 0 Å². The highest BCUT2D eigenvalue weighted by atomic mass is 16.5. The summed E-state index contributed by atoms with van der Waals surface area (Å²) in [7, 11) is 0. The second kappa shape index (κ2) is 12.9. The Labute approximate surface area is 139 Å². The van der Waals surface area contributed by atoms with E-state index in [0.29, 0.717) is 23.7 Å². The number of ether oxygens (including phenoxy) is 2. The van der Waals surface area contributed by atoms with E-state index in [9.17, 15) is 9.59 Å². The van der Waals surface area contributed by atoms with E-state index in [1.807, 2.05) is 0 Å². The van der Waals surface area contributed by atoms with E-state index < -0.39 is 5.97 Å². The van der Waals surface area contributed by atoms with Crippen molar-refractivity contribution in [1.82, 2.24) is 0 Å². The topological polar surface area (TPSA) is 72.8 Å². The lowest BCUT2D eigenvalue weighted by atomic mass is 10.0. The quantitative estimate of drug-likeness (QED) is 0.359. The highest BCUT2D eigenvalue weighted by molar-refractivity contribution is 5.90. The molecule has 0 saturated carbocycles. The molecule has 5 heteroatoms. The van der Waals surface area contributed by atoms with Gasteiger partial charge in [0.05, 0.1) is 13.2 Å². The number of carbonyl (C=O) groups is 2. The summed E-state index contributed by atoms with van der Waals surface area (Å²) >= 11 is 0. The van der Waals surface area contributed by atoms with Crippen molar-refractivity contribution >= 4 is 11.9 Å². The molecular formula is C18H30O5. The van der Waals surface area contributed by atoms with Gasteiger partial charge in [0, 0.05) is 11.1 Å². The van der Waals surface area contributed by atoms with E-state index in [1.54, 1.807) is 19.9 Å². The van der Waals surface area contributed by atoms with Gasteiger partial charge in [-0.25, -0.2) is 9.59 Å². The van der Waals surface area contributed by atoms with Crippen molar-refractivity contribution in [3.63, 3.8) is 0 Å². The molecule has 1 unspecified atom stereocenters. The third-order valence-corrected chi connectivity index (χ3v) is 3.55. The van der Waals surface area contributed by atoms with E-state index in [2.05, 4.69) is 13.8 Å². The number of esters is 2. The number of hydrogen-bond acceptors (Lipinski definition) is 5. The smallest absolute Gasteiger partial charge is 0.333 e. The third-order valence-electron chi connectivity index (χ3n) is 3.55. The monoisotopic (exact) mass is 326 g/mol. The standard InChI is InChI=1S/C18H30O5/c1-5-7-8-16(6-2)13-23-18(21)15(4)10-9-14(3)17(20)22-12-11-19/h9-10,16,19H,5-8,11-13H2,1-4H3/b14-9+,15-10+. The van der Waals surface area contributed by atoms with Crippen LogP contribution in [-0.2, 0) is 19.1 Å². The van der Waals surface area contributed by atoms with Crippen LogP contribution in [0.25, 0.3) is 0 Å². The number of hydrogen-bond donors (Lipinski definition) is 1. The minimum absolute atomic E-state index is 0.0368. The van der Waals surface area contributed by atoms with Crippen LogP contribution in [-0.4, -0.2) is 36.9 Å². The normalized spacial score (nSPS) is 13.6. The summed E-state index contributed by atoms with van der Waals surface area (Å²) < 4.78 is 10.1. The van der Waals surface area contributed by atoms with E-state index >= 15 is 0 Å². The molecule has 0 aromatic heterocycles. The van der Waals surface area contributed by atoms with E-state index in [-0.39, 0.29) is 19.2 Å². The van der Waals surface area contributed by atoms with Crippen LogP contribution in [0.2, 0.25) is 0 Å². The van der Waals surface area contributed by atoms with Gasteiger partial charge in [-0.2, -0.15) is 0 Å². The second-order valence-electron chi connectivity index (χ2n) is 5.57. The molecule has 0 spiro atoms. The van der Waals surface area contributed by atoms with Gasteiger partial charge in [-0.15, -0.1) is 0 Å². The fraction of sp³-hybridized carbons (Fsp3) is 0.667. The van der Waals surface area contributed by atoms with Gasteiger partial charge in [-0.3, -0.25) is 0 Å². The Morgan fingerprint density at radius 1 is 1.04 bits per heavy atom. The van der Waals surface area contributed by atoms with Gasteiger partial charge in [0.15, 0.2) is 0 Å². The van der Waals surface area contributed by atoms with Gasteiger partial charge in [-0.05, 0) is 26.2 Å².